The van der Waals surface area contributed by atoms with Crippen molar-refractivity contribution in [3.63, 3.8) is 0 Å². The summed E-state index contributed by atoms with van der Waals surface area (Å²) in [6, 6.07) is 3.74. The number of aromatic amines is 1. The molecule has 0 bridgehead atoms. The van der Waals surface area contributed by atoms with Crippen LogP contribution in [0.1, 0.15) is 16.8 Å². The van der Waals surface area contributed by atoms with Crippen molar-refractivity contribution < 1.29 is 0 Å². The first kappa shape index (κ1) is 14.8. The summed E-state index contributed by atoms with van der Waals surface area (Å²) in [5.74, 6) is 0.590. The Kier molecular flexibility index (Phi) is 3.70. The van der Waals surface area contributed by atoms with Gasteiger partial charge in [0, 0.05) is 62.8 Å². The van der Waals surface area contributed by atoms with E-state index in [1.807, 2.05) is 31.6 Å². The SMILES string of the molecule is Cn1cc(CN2CCc3nc(-c4cccnc4)[nH]c(=O)c3C2)cn1. The lowest BCUT2D eigenvalue weighted by molar-refractivity contribution is 0.242. The molecule has 4 rings (SSSR count). The molecule has 0 unspecified atom stereocenters. The van der Waals surface area contributed by atoms with Gasteiger partial charge in [-0.1, -0.05) is 0 Å². The van der Waals surface area contributed by atoms with Gasteiger partial charge in [0.1, 0.15) is 5.82 Å². The minimum atomic E-state index is -0.0604. The highest BCUT2D eigenvalue weighted by molar-refractivity contribution is 5.53. The molecular formula is C17H18N6O. The van der Waals surface area contributed by atoms with Crippen molar-refractivity contribution in [2.24, 2.45) is 7.05 Å². The number of fused-ring (bicyclic) bond motifs is 1. The van der Waals surface area contributed by atoms with Gasteiger partial charge in [0.05, 0.1) is 17.5 Å². The van der Waals surface area contributed by atoms with Crippen LogP contribution in [0.5, 0.6) is 0 Å². The molecule has 7 nitrogen and oxygen atoms in total. The Morgan fingerprint density at radius 1 is 1.33 bits per heavy atom. The number of H-pyrrole nitrogens is 1. The summed E-state index contributed by atoms with van der Waals surface area (Å²) >= 11 is 0. The number of aromatic nitrogens is 5. The average molecular weight is 322 g/mol. The fraction of sp³-hybridized carbons (Fsp3) is 0.294. The van der Waals surface area contributed by atoms with E-state index in [2.05, 4.69) is 25.0 Å². The summed E-state index contributed by atoms with van der Waals surface area (Å²) in [6.45, 7) is 2.28. The van der Waals surface area contributed by atoms with Gasteiger partial charge in [-0.05, 0) is 12.1 Å². The largest absolute Gasteiger partial charge is 0.306 e. The van der Waals surface area contributed by atoms with E-state index in [4.69, 9.17) is 0 Å². The lowest BCUT2D eigenvalue weighted by atomic mass is 10.1. The second-order valence-electron chi connectivity index (χ2n) is 6.06. The lowest BCUT2D eigenvalue weighted by Crippen LogP contribution is -2.35. The van der Waals surface area contributed by atoms with E-state index in [-0.39, 0.29) is 5.56 Å². The highest BCUT2D eigenvalue weighted by Gasteiger charge is 2.21. The molecule has 122 valence electrons. The molecule has 1 N–H and O–H groups in total. The van der Waals surface area contributed by atoms with Crippen LogP contribution in [0.2, 0.25) is 0 Å². The molecule has 3 aromatic heterocycles. The van der Waals surface area contributed by atoms with E-state index >= 15 is 0 Å². The summed E-state index contributed by atoms with van der Waals surface area (Å²) in [5.41, 5.74) is 3.57. The van der Waals surface area contributed by atoms with E-state index in [1.165, 1.54) is 0 Å². The second-order valence-corrected chi connectivity index (χ2v) is 6.06. The first-order valence-corrected chi connectivity index (χ1v) is 7.91. The van der Waals surface area contributed by atoms with Crippen molar-refractivity contribution in [1.29, 1.82) is 0 Å². The number of nitrogens with zero attached hydrogens (tertiary/aromatic N) is 5. The maximum Gasteiger partial charge on any atom is 0.255 e. The summed E-state index contributed by atoms with van der Waals surface area (Å²) in [5, 5.41) is 4.19. The Morgan fingerprint density at radius 3 is 3.00 bits per heavy atom. The zero-order chi connectivity index (χ0) is 16.5. The van der Waals surface area contributed by atoms with Gasteiger partial charge in [0.2, 0.25) is 0 Å². The average Bonchev–Trinajstić information content (AvgIpc) is 3.01. The Bertz CT molecular complexity index is 914. The molecule has 1 aliphatic heterocycles. The molecule has 24 heavy (non-hydrogen) atoms. The fourth-order valence-electron chi connectivity index (χ4n) is 3.07. The van der Waals surface area contributed by atoms with Gasteiger partial charge >= 0.3 is 0 Å². The standard InChI is InChI=1S/C17H18N6O/c1-22-9-12(7-19-22)10-23-6-4-15-14(11-23)17(24)21-16(20-15)13-3-2-5-18-8-13/h2-3,5,7-9H,4,6,10-11H2,1H3,(H,20,21,24). The molecule has 0 spiro atoms. The van der Waals surface area contributed by atoms with Gasteiger partial charge in [-0.2, -0.15) is 5.10 Å². The van der Waals surface area contributed by atoms with Gasteiger partial charge in [-0.3, -0.25) is 19.4 Å². The van der Waals surface area contributed by atoms with E-state index in [1.54, 1.807) is 17.1 Å². The molecule has 0 fully saturated rings. The molecule has 3 aromatic rings. The van der Waals surface area contributed by atoms with E-state index in [0.717, 1.165) is 41.9 Å². The third-order valence-corrected chi connectivity index (χ3v) is 4.25. The van der Waals surface area contributed by atoms with Gasteiger partial charge in [-0.15, -0.1) is 0 Å². The van der Waals surface area contributed by atoms with Crippen LogP contribution in [-0.4, -0.2) is 36.2 Å². The third-order valence-electron chi connectivity index (χ3n) is 4.25. The molecule has 0 saturated carbocycles. The maximum absolute atomic E-state index is 12.5. The van der Waals surface area contributed by atoms with E-state index in [9.17, 15) is 4.79 Å². The zero-order valence-electron chi connectivity index (χ0n) is 13.4. The van der Waals surface area contributed by atoms with Gasteiger partial charge in [-0.25, -0.2) is 4.98 Å². The normalized spacial score (nSPS) is 14.5. The molecule has 4 heterocycles. The van der Waals surface area contributed by atoms with Crippen molar-refractivity contribution in [3.8, 4) is 11.4 Å². The van der Waals surface area contributed by atoms with Gasteiger partial charge < -0.3 is 4.98 Å². The number of nitrogens with one attached hydrogen (secondary N) is 1. The molecule has 0 aliphatic carbocycles. The number of hydrogen-bond acceptors (Lipinski definition) is 5. The molecule has 0 radical (unpaired) electrons. The summed E-state index contributed by atoms with van der Waals surface area (Å²) in [4.78, 5) is 26.4. The van der Waals surface area contributed by atoms with Crippen LogP contribution in [0.25, 0.3) is 11.4 Å². The molecule has 1 aliphatic rings. The van der Waals surface area contributed by atoms with Crippen LogP contribution in [-0.2, 0) is 26.6 Å². The molecule has 0 amide bonds. The fourth-order valence-corrected chi connectivity index (χ4v) is 3.07. The topological polar surface area (TPSA) is 79.7 Å². The lowest BCUT2D eigenvalue weighted by Gasteiger charge is -2.27. The Hall–Kier alpha value is -2.80. The molecule has 0 aromatic carbocycles. The predicted octanol–water partition coefficient (Wildman–Crippen LogP) is 1.12. The third kappa shape index (κ3) is 2.85. The van der Waals surface area contributed by atoms with Crippen LogP contribution in [0, 0.1) is 0 Å². The molecule has 0 saturated heterocycles. The van der Waals surface area contributed by atoms with Crippen LogP contribution in [0.4, 0.5) is 0 Å². The van der Waals surface area contributed by atoms with Crippen molar-refractivity contribution >= 4 is 0 Å². The van der Waals surface area contributed by atoms with Crippen LogP contribution in [0.15, 0.2) is 41.7 Å². The van der Waals surface area contributed by atoms with Crippen LogP contribution in [0.3, 0.4) is 0 Å². The minimum Gasteiger partial charge on any atom is -0.306 e. The molecule has 7 heteroatoms. The number of hydrogen-bond donors (Lipinski definition) is 1. The van der Waals surface area contributed by atoms with Gasteiger partial charge in [0.15, 0.2) is 0 Å². The quantitative estimate of drug-likeness (QED) is 0.782. The predicted molar refractivity (Wildman–Crippen MR) is 89.1 cm³/mol. The van der Waals surface area contributed by atoms with Crippen molar-refractivity contribution in [2.75, 3.05) is 6.54 Å². The zero-order valence-corrected chi connectivity index (χ0v) is 13.4. The Labute approximate surface area is 139 Å². The second kappa shape index (κ2) is 6.01. The summed E-state index contributed by atoms with van der Waals surface area (Å²) in [7, 11) is 1.91. The van der Waals surface area contributed by atoms with Crippen molar-refractivity contribution in [1.82, 2.24) is 29.6 Å². The first-order chi connectivity index (χ1) is 11.7. The monoisotopic (exact) mass is 322 g/mol. The number of aryl methyl sites for hydroxylation is 1. The summed E-state index contributed by atoms with van der Waals surface area (Å²) in [6.07, 6.45) is 8.05. The smallest absolute Gasteiger partial charge is 0.255 e. The highest BCUT2D eigenvalue weighted by atomic mass is 16.1. The van der Waals surface area contributed by atoms with Crippen molar-refractivity contribution in [2.45, 2.75) is 19.5 Å². The van der Waals surface area contributed by atoms with Gasteiger partial charge in [0.25, 0.3) is 5.56 Å². The highest BCUT2D eigenvalue weighted by Crippen LogP contribution is 2.19. The van der Waals surface area contributed by atoms with E-state index < -0.39 is 0 Å². The Morgan fingerprint density at radius 2 is 2.25 bits per heavy atom. The Balaban J connectivity index is 1.59. The maximum atomic E-state index is 12.5. The van der Waals surface area contributed by atoms with Crippen LogP contribution >= 0.6 is 0 Å². The first-order valence-electron chi connectivity index (χ1n) is 7.91. The minimum absolute atomic E-state index is 0.0604. The molecule has 0 atom stereocenters. The van der Waals surface area contributed by atoms with Crippen molar-refractivity contribution in [3.05, 3.63) is 64.1 Å². The summed E-state index contributed by atoms with van der Waals surface area (Å²) < 4.78 is 1.79. The number of pyridine rings is 1. The van der Waals surface area contributed by atoms with E-state index in [0.29, 0.717) is 12.4 Å². The molecular weight excluding hydrogens is 304 g/mol. The number of rotatable bonds is 3. The van der Waals surface area contributed by atoms with Crippen LogP contribution < -0.4 is 5.56 Å².